The van der Waals surface area contributed by atoms with E-state index in [0.717, 1.165) is 16.2 Å². The van der Waals surface area contributed by atoms with Gasteiger partial charge in [-0.2, -0.15) is 0 Å². The first-order valence-electron chi connectivity index (χ1n) is 8.06. The SMILES string of the molecule is CCNC(=O)[C@@H](C)NC(=O)C[NH+](C)CC(=O)Nc1ccc(C)cc1. The first-order valence-corrected chi connectivity index (χ1v) is 8.06. The Hall–Kier alpha value is -2.41. The normalized spacial score (nSPS) is 12.8. The summed E-state index contributed by atoms with van der Waals surface area (Å²) in [7, 11) is 1.76. The molecule has 24 heavy (non-hydrogen) atoms. The Balaban J connectivity index is 2.37. The summed E-state index contributed by atoms with van der Waals surface area (Å²) in [6.45, 7) is 6.22. The molecule has 1 aromatic carbocycles. The van der Waals surface area contributed by atoms with Crippen molar-refractivity contribution in [1.29, 1.82) is 0 Å². The van der Waals surface area contributed by atoms with Crippen molar-refractivity contribution in [2.45, 2.75) is 26.8 Å². The second-order valence-corrected chi connectivity index (χ2v) is 5.91. The van der Waals surface area contributed by atoms with Crippen molar-refractivity contribution >= 4 is 23.4 Å². The number of likely N-dealkylation sites (N-methyl/N-ethyl adjacent to an activating group) is 2. The van der Waals surface area contributed by atoms with Crippen molar-refractivity contribution in [3.05, 3.63) is 29.8 Å². The molecule has 7 heteroatoms. The summed E-state index contributed by atoms with van der Waals surface area (Å²) in [5.41, 5.74) is 1.85. The fourth-order valence-corrected chi connectivity index (χ4v) is 2.14. The van der Waals surface area contributed by atoms with Crippen LogP contribution >= 0.6 is 0 Å². The lowest BCUT2D eigenvalue weighted by molar-refractivity contribution is -0.862. The van der Waals surface area contributed by atoms with E-state index >= 15 is 0 Å². The van der Waals surface area contributed by atoms with Crippen LogP contribution in [0, 0.1) is 6.92 Å². The van der Waals surface area contributed by atoms with Crippen LogP contribution in [0.2, 0.25) is 0 Å². The molecular formula is C17H27N4O3+. The number of carbonyl (C=O) groups excluding carboxylic acids is 3. The molecule has 1 rings (SSSR count). The second kappa shape index (κ2) is 9.67. The van der Waals surface area contributed by atoms with Gasteiger partial charge < -0.3 is 20.9 Å². The topological polar surface area (TPSA) is 91.7 Å². The number of nitrogens with one attached hydrogen (secondary N) is 4. The highest BCUT2D eigenvalue weighted by atomic mass is 16.2. The maximum Gasteiger partial charge on any atom is 0.279 e. The van der Waals surface area contributed by atoms with Crippen molar-refractivity contribution in [3.8, 4) is 0 Å². The molecule has 0 fully saturated rings. The third-order valence-corrected chi connectivity index (χ3v) is 3.38. The number of amides is 3. The summed E-state index contributed by atoms with van der Waals surface area (Å²) in [4.78, 5) is 36.2. The second-order valence-electron chi connectivity index (χ2n) is 5.91. The van der Waals surface area contributed by atoms with Gasteiger partial charge in [0.2, 0.25) is 5.91 Å². The molecule has 7 nitrogen and oxygen atoms in total. The lowest BCUT2D eigenvalue weighted by Gasteiger charge is -2.16. The predicted molar refractivity (Wildman–Crippen MR) is 92.7 cm³/mol. The van der Waals surface area contributed by atoms with Crippen LogP contribution < -0.4 is 20.9 Å². The highest BCUT2D eigenvalue weighted by Crippen LogP contribution is 2.07. The molecule has 4 N–H and O–H groups in total. The van der Waals surface area contributed by atoms with Gasteiger partial charge in [-0.1, -0.05) is 17.7 Å². The van der Waals surface area contributed by atoms with Gasteiger partial charge in [0, 0.05) is 12.2 Å². The van der Waals surface area contributed by atoms with Crippen LogP contribution in [-0.4, -0.2) is 50.4 Å². The first-order chi connectivity index (χ1) is 11.3. The summed E-state index contributed by atoms with van der Waals surface area (Å²) >= 11 is 0. The highest BCUT2D eigenvalue weighted by Gasteiger charge is 2.18. The third kappa shape index (κ3) is 7.23. The Morgan fingerprint density at radius 3 is 2.25 bits per heavy atom. The van der Waals surface area contributed by atoms with Crippen molar-refractivity contribution in [3.63, 3.8) is 0 Å². The maximum absolute atomic E-state index is 12.0. The molecule has 0 bridgehead atoms. The summed E-state index contributed by atoms with van der Waals surface area (Å²) in [5, 5.41) is 8.06. The summed E-state index contributed by atoms with van der Waals surface area (Å²) in [5.74, 6) is -0.657. The van der Waals surface area contributed by atoms with E-state index in [-0.39, 0.29) is 30.8 Å². The molecule has 1 aromatic rings. The Kier molecular flexibility index (Phi) is 7.91. The van der Waals surface area contributed by atoms with Gasteiger partial charge in [-0.15, -0.1) is 0 Å². The van der Waals surface area contributed by atoms with Crippen LogP contribution in [-0.2, 0) is 14.4 Å². The molecule has 0 aromatic heterocycles. The largest absolute Gasteiger partial charge is 0.355 e. The molecule has 0 aliphatic rings. The van der Waals surface area contributed by atoms with Gasteiger partial charge in [0.15, 0.2) is 13.1 Å². The zero-order chi connectivity index (χ0) is 18.1. The van der Waals surface area contributed by atoms with E-state index in [1.807, 2.05) is 38.1 Å². The van der Waals surface area contributed by atoms with E-state index in [0.29, 0.717) is 6.54 Å². The number of aryl methyl sites for hydroxylation is 1. The number of hydrogen-bond acceptors (Lipinski definition) is 3. The number of hydrogen-bond donors (Lipinski definition) is 4. The average molecular weight is 335 g/mol. The van der Waals surface area contributed by atoms with Crippen molar-refractivity contribution in [2.24, 2.45) is 0 Å². The number of anilines is 1. The fraction of sp³-hybridized carbons (Fsp3) is 0.471. The maximum atomic E-state index is 12.0. The Morgan fingerprint density at radius 2 is 1.67 bits per heavy atom. The molecule has 132 valence electrons. The van der Waals surface area contributed by atoms with Crippen LogP contribution in [0.4, 0.5) is 5.69 Å². The number of carbonyl (C=O) groups is 3. The van der Waals surface area contributed by atoms with E-state index in [9.17, 15) is 14.4 Å². The minimum Gasteiger partial charge on any atom is -0.355 e. The lowest BCUT2D eigenvalue weighted by Crippen LogP contribution is -3.11. The zero-order valence-corrected chi connectivity index (χ0v) is 14.7. The van der Waals surface area contributed by atoms with Crippen LogP contribution in [0.5, 0.6) is 0 Å². The van der Waals surface area contributed by atoms with Gasteiger partial charge in [-0.25, -0.2) is 0 Å². The van der Waals surface area contributed by atoms with Gasteiger partial charge in [0.1, 0.15) is 6.04 Å². The lowest BCUT2D eigenvalue weighted by atomic mass is 10.2. The van der Waals surface area contributed by atoms with Crippen molar-refractivity contribution < 1.29 is 19.3 Å². The molecule has 0 heterocycles. The molecule has 0 saturated carbocycles. The molecule has 0 saturated heterocycles. The van der Waals surface area contributed by atoms with E-state index in [1.165, 1.54) is 0 Å². The number of quaternary nitrogens is 1. The smallest absolute Gasteiger partial charge is 0.279 e. The van der Waals surface area contributed by atoms with E-state index in [4.69, 9.17) is 0 Å². The molecule has 0 aliphatic carbocycles. The summed E-state index contributed by atoms with van der Waals surface area (Å²) in [6, 6.07) is 6.92. The Morgan fingerprint density at radius 1 is 1.08 bits per heavy atom. The first kappa shape index (κ1) is 19.6. The van der Waals surface area contributed by atoms with Crippen LogP contribution in [0.25, 0.3) is 0 Å². The van der Waals surface area contributed by atoms with Crippen LogP contribution in [0.1, 0.15) is 19.4 Å². The highest BCUT2D eigenvalue weighted by molar-refractivity contribution is 5.91. The molecular weight excluding hydrogens is 308 g/mol. The van der Waals surface area contributed by atoms with Gasteiger partial charge in [0.05, 0.1) is 7.05 Å². The van der Waals surface area contributed by atoms with Crippen molar-refractivity contribution in [1.82, 2.24) is 10.6 Å². The Labute approximate surface area is 142 Å². The minimum absolute atomic E-state index is 0.116. The minimum atomic E-state index is -0.591. The van der Waals surface area contributed by atoms with Gasteiger partial charge in [-0.05, 0) is 32.9 Å². The van der Waals surface area contributed by atoms with Gasteiger partial charge in [-0.3, -0.25) is 14.4 Å². The van der Waals surface area contributed by atoms with E-state index < -0.39 is 6.04 Å². The summed E-state index contributed by atoms with van der Waals surface area (Å²) < 4.78 is 0. The third-order valence-electron chi connectivity index (χ3n) is 3.38. The zero-order valence-electron chi connectivity index (χ0n) is 14.7. The molecule has 2 atom stereocenters. The van der Waals surface area contributed by atoms with Crippen molar-refractivity contribution in [2.75, 3.05) is 32.0 Å². The van der Waals surface area contributed by atoms with E-state index in [1.54, 1.807) is 14.0 Å². The number of rotatable bonds is 8. The monoisotopic (exact) mass is 335 g/mol. The standard InChI is InChI=1S/C17H26N4O3/c1-5-18-17(24)13(3)19-15(22)10-21(4)11-16(23)20-14-8-6-12(2)7-9-14/h6-9,13H,5,10-11H2,1-4H3,(H,18,24)(H,19,22)(H,20,23)/p+1/t13-/m1/s1. The predicted octanol–water partition coefficient (Wildman–Crippen LogP) is -0.911. The number of benzene rings is 1. The van der Waals surface area contributed by atoms with Crippen LogP contribution in [0.3, 0.4) is 0 Å². The molecule has 0 radical (unpaired) electrons. The fourth-order valence-electron chi connectivity index (χ4n) is 2.14. The van der Waals surface area contributed by atoms with Gasteiger partial charge >= 0.3 is 0 Å². The molecule has 3 amide bonds. The Bertz CT molecular complexity index is 572. The van der Waals surface area contributed by atoms with Gasteiger partial charge in [0.25, 0.3) is 11.8 Å². The molecule has 1 unspecified atom stereocenters. The molecule has 0 aliphatic heterocycles. The quantitative estimate of drug-likeness (QED) is 0.496. The van der Waals surface area contributed by atoms with Crippen LogP contribution in [0.15, 0.2) is 24.3 Å². The average Bonchev–Trinajstić information content (AvgIpc) is 2.49. The molecule has 0 spiro atoms. The summed E-state index contributed by atoms with van der Waals surface area (Å²) in [6.07, 6.45) is 0. The van der Waals surface area contributed by atoms with E-state index in [2.05, 4.69) is 16.0 Å².